The molecule has 1 N–H and O–H groups in total. The summed E-state index contributed by atoms with van der Waals surface area (Å²) in [5, 5.41) is 17.3. The zero-order valence-electron chi connectivity index (χ0n) is 13.2. The number of nitrogens with zero attached hydrogens (tertiary/aromatic N) is 3. The van der Waals surface area contributed by atoms with Crippen molar-refractivity contribution in [1.29, 1.82) is 0 Å². The number of nitrogens with one attached hydrogen (secondary N) is 1. The normalized spacial score (nSPS) is 10.8. The molecule has 0 aliphatic carbocycles. The van der Waals surface area contributed by atoms with Crippen LogP contribution in [-0.2, 0) is 0 Å². The molecule has 2 aromatic carbocycles. The van der Waals surface area contributed by atoms with Crippen molar-refractivity contribution in [2.75, 3.05) is 5.32 Å². The predicted octanol–water partition coefficient (Wildman–Crippen LogP) is 5.66. The van der Waals surface area contributed by atoms with Crippen molar-refractivity contribution in [2.24, 2.45) is 0 Å². The molecule has 0 aliphatic rings. The first kappa shape index (κ1) is 16.4. The smallest absolute Gasteiger partial charge is 0.289 e. The van der Waals surface area contributed by atoms with Gasteiger partial charge in [0.25, 0.3) is 5.69 Å². The average molecular weight is 383 g/mol. The molecule has 0 unspecified atom stereocenters. The summed E-state index contributed by atoms with van der Waals surface area (Å²) in [6.07, 6.45) is 1.47. The van der Waals surface area contributed by atoms with Crippen molar-refractivity contribution in [1.82, 2.24) is 9.97 Å². The van der Waals surface area contributed by atoms with E-state index < -0.39 is 4.92 Å². The van der Waals surface area contributed by atoms with E-state index in [2.05, 4.69) is 15.3 Å². The molecule has 8 heteroatoms. The minimum atomic E-state index is -0.511. The molecular weight excluding hydrogens is 372 g/mol. The first-order valence-corrected chi connectivity index (χ1v) is 8.88. The van der Waals surface area contributed by atoms with Crippen LogP contribution in [0.1, 0.15) is 0 Å². The lowest BCUT2D eigenvalue weighted by Gasteiger charge is -2.09. The molecule has 0 aliphatic heterocycles. The molecule has 2 aromatic heterocycles. The highest BCUT2D eigenvalue weighted by molar-refractivity contribution is 7.17. The van der Waals surface area contributed by atoms with Gasteiger partial charge in [-0.05, 0) is 17.7 Å². The van der Waals surface area contributed by atoms with E-state index in [1.54, 1.807) is 6.07 Å². The number of thiophene rings is 1. The Morgan fingerprint density at radius 1 is 1.12 bits per heavy atom. The topological polar surface area (TPSA) is 81.0 Å². The first-order chi connectivity index (χ1) is 12.6. The van der Waals surface area contributed by atoms with Crippen LogP contribution in [0.5, 0.6) is 0 Å². The van der Waals surface area contributed by atoms with E-state index >= 15 is 0 Å². The fraction of sp³-hybridized carbons (Fsp3) is 0. The van der Waals surface area contributed by atoms with Gasteiger partial charge in [-0.2, -0.15) is 0 Å². The molecule has 0 atom stereocenters. The van der Waals surface area contributed by atoms with E-state index in [1.165, 1.54) is 29.8 Å². The molecule has 0 bridgehead atoms. The monoisotopic (exact) mass is 382 g/mol. The fourth-order valence-corrected chi connectivity index (χ4v) is 3.77. The third-order valence-corrected chi connectivity index (χ3v) is 5.07. The SMILES string of the molecule is O=[N+]([O-])c1cc(Nc2ncnc3scc(-c4ccccc4)c23)ccc1Cl. The van der Waals surface area contributed by atoms with Gasteiger partial charge in [-0.15, -0.1) is 11.3 Å². The van der Waals surface area contributed by atoms with E-state index in [1.807, 2.05) is 35.7 Å². The maximum absolute atomic E-state index is 11.1. The summed E-state index contributed by atoms with van der Waals surface area (Å²) in [5.74, 6) is 0.590. The van der Waals surface area contributed by atoms with Crippen LogP contribution >= 0.6 is 22.9 Å². The van der Waals surface area contributed by atoms with Crippen molar-refractivity contribution < 1.29 is 4.92 Å². The van der Waals surface area contributed by atoms with E-state index in [0.29, 0.717) is 11.5 Å². The predicted molar refractivity (Wildman–Crippen MR) is 104 cm³/mol. The quantitative estimate of drug-likeness (QED) is 0.363. The second kappa shape index (κ2) is 6.70. The third kappa shape index (κ3) is 2.98. The minimum absolute atomic E-state index is 0.0916. The van der Waals surface area contributed by atoms with Crippen LogP contribution in [0.4, 0.5) is 17.2 Å². The van der Waals surface area contributed by atoms with Gasteiger partial charge in [-0.25, -0.2) is 9.97 Å². The van der Waals surface area contributed by atoms with Crippen molar-refractivity contribution in [3.8, 4) is 11.1 Å². The molecule has 6 nitrogen and oxygen atoms in total. The first-order valence-electron chi connectivity index (χ1n) is 7.62. The number of nitro groups is 1. The summed E-state index contributed by atoms with van der Waals surface area (Å²) in [5.41, 5.74) is 2.44. The lowest BCUT2D eigenvalue weighted by atomic mass is 10.1. The Hall–Kier alpha value is -3.03. The Kier molecular flexibility index (Phi) is 4.24. The summed E-state index contributed by atoms with van der Waals surface area (Å²) in [4.78, 5) is 20.1. The number of hydrogen-bond donors (Lipinski definition) is 1. The molecule has 4 rings (SSSR count). The standard InChI is InChI=1S/C18H11ClN4O2S/c19-14-7-6-12(8-15(14)23(24)25)22-17-16-13(11-4-2-1-3-5-11)9-26-18(16)21-10-20-17/h1-10H,(H,20,21,22). The van der Waals surface area contributed by atoms with Crippen molar-refractivity contribution >= 4 is 50.3 Å². The number of rotatable bonds is 4. The number of anilines is 2. The number of fused-ring (bicyclic) bond motifs is 1. The van der Waals surface area contributed by atoms with Gasteiger partial charge in [0.1, 0.15) is 22.0 Å². The van der Waals surface area contributed by atoms with Crippen LogP contribution in [-0.4, -0.2) is 14.9 Å². The van der Waals surface area contributed by atoms with E-state index in [4.69, 9.17) is 11.6 Å². The van der Waals surface area contributed by atoms with Crippen LogP contribution in [0, 0.1) is 10.1 Å². The van der Waals surface area contributed by atoms with E-state index in [-0.39, 0.29) is 10.7 Å². The molecule has 4 aromatic rings. The Balaban J connectivity index is 1.82. The highest BCUT2D eigenvalue weighted by Crippen LogP contribution is 2.38. The lowest BCUT2D eigenvalue weighted by Crippen LogP contribution is -1.97. The Morgan fingerprint density at radius 3 is 2.69 bits per heavy atom. The van der Waals surface area contributed by atoms with Crippen LogP contribution in [0.3, 0.4) is 0 Å². The number of hydrogen-bond acceptors (Lipinski definition) is 6. The zero-order valence-corrected chi connectivity index (χ0v) is 14.8. The van der Waals surface area contributed by atoms with Gasteiger partial charge >= 0.3 is 0 Å². The largest absolute Gasteiger partial charge is 0.339 e. The van der Waals surface area contributed by atoms with Crippen molar-refractivity contribution in [2.45, 2.75) is 0 Å². The minimum Gasteiger partial charge on any atom is -0.339 e. The molecule has 0 saturated heterocycles. The molecule has 0 amide bonds. The molecule has 26 heavy (non-hydrogen) atoms. The number of nitro benzene ring substituents is 1. The molecule has 128 valence electrons. The van der Waals surface area contributed by atoms with Gasteiger partial charge in [-0.1, -0.05) is 41.9 Å². The van der Waals surface area contributed by atoms with E-state index in [0.717, 1.165) is 21.3 Å². The third-order valence-electron chi connectivity index (χ3n) is 3.86. The Labute approximate surface area is 157 Å². The van der Waals surface area contributed by atoms with Gasteiger partial charge in [0.15, 0.2) is 0 Å². The van der Waals surface area contributed by atoms with Crippen molar-refractivity contribution in [3.05, 3.63) is 75.4 Å². The summed E-state index contributed by atoms with van der Waals surface area (Å²) >= 11 is 7.41. The molecule has 0 spiro atoms. The molecular formula is C18H11ClN4O2S. The van der Waals surface area contributed by atoms with E-state index in [9.17, 15) is 10.1 Å². The Bertz CT molecular complexity index is 1110. The van der Waals surface area contributed by atoms with Gasteiger partial charge in [0.05, 0.1) is 10.3 Å². The highest BCUT2D eigenvalue weighted by atomic mass is 35.5. The summed E-state index contributed by atoms with van der Waals surface area (Å²) in [6.45, 7) is 0. The molecule has 0 saturated carbocycles. The summed E-state index contributed by atoms with van der Waals surface area (Å²) in [6, 6.07) is 14.5. The second-order valence-corrected chi connectivity index (χ2v) is 6.73. The fourth-order valence-electron chi connectivity index (χ4n) is 2.67. The number of benzene rings is 2. The molecule has 2 heterocycles. The van der Waals surface area contributed by atoms with Gasteiger partial charge in [-0.3, -0.25) is 10.1 Å². The van der Waals surface area contributed by atoms with Gasteiger partial charge in [0, 0.05) is 22.7 Å². The number of halogens is 1. The zero-order chi connectivity index (χ0) is 18.1. The van der Waals surface area contributed by atoms with Crippen LogP contribution in [0.15, 0.2) is 60.2 Å². The Morgan fingerprint density at radius 2 is 1.92 bits per heavy atom. The van der Waals surface area contributed by atoms with Gasteiger partial charge < -0.3 is 5.32 Å². The lowest BCUT2D eigenvalue weighted by molar-refractivity contribution is -0.384. The molecule has 0 fully saturated rings. The summed E-state index contributed by atoms with van der Waals surface area (Å²) < 4.78 is 0. The average Bonchev–Trinajstić information content (AvgIpc) is 3.09. The maximum Gasteiger partial charge on any atom is 0.289 e. The number of aromatic nitrogens is 2. The molecule has 0 radical (unpaired) electrons. The van der Waals surface area contributed by atoms with Crippen LogP contribution < -0.4 is 5.32 Å². The second-order valence-electron chi connectivity index (χ2n) is 5.47. The van der Waals surface area contributed by atoms with Gasteiger partial charge in [0.2, 0.25) is 0 Å². The summed E-state index contributed by atoms with van der Waals surface area (Å²) in [7, 11) is 0. The maximum atomic E-state index is 11.1. The van der Waals surface area contributed by atoms with Crippen LogP contribution in [0.25, 0.3) is 21.3 Å². The van der Waals surface area contributed by atoms with Crippen molar-refractivity contribution in [3.63, 3.8) is 0 Å². The van der Waals surface area contributed by atoms with Crippen LogP contribution in [0.2, 0.25) is 5.02 Å². The highest BCUT2D eigenvalue weighted by Gasteiger charge is 2.16.